The number of fused-ring (bicyclic) bond motifs is 5. The van der Waals surface area contributed by atoms with Crippen molar-refractivity contribution in [2.45, 2.75) is 114 Å². The van der Waals surface area contributed by atoms with Crippen molar-refractivity contribution in [1.29, 1.82) is 0 Å². The SMILES string of the molecule is COc1cc2cc(c1Cl)N(C)C(=O)C[C@H](OC(=O)[C@@H](C)N(C)C(=O)CC[C@H](C)SSC)[C@]1(C)O[C@H]1[C@H](C)[C@@H]1C[C@@](O)(NC(=O)O1)[C@H](OC)/C=C/C=C(\C)C2. The summed E-state index contributed by atoms with van der Waals surface area (Å²) >= 11 is 6.77. The lowest BCUT2D eigenvalue weighted by atomic mass is 9.83. The number of amides is 3. The monoisotopic (exact) mass is 811 g/mol. The van der Waals surface area contributed by atoms with Crippen LogP contribution in [0.1, 0.15) is 65.9 Å². The number of carbonyl (C=O) groups excluding carboxylic acids is 4. The number of nitrogens with one attached hydrogen (secondary N) is 1. The second-order valence-corrected chi connectivity index (χ2v) is 17.8. The normalized spacial score (nSPS) is 31.4. The molecule has 0 radical (unpaired) electrons. The summed E-state index contributed by atoms with van der Waals surface area (Å²) in [4.78, 5) is 56.7. The number of epoxide rings is 1. The fraction of sp³-hybridized carbons (Fsp3) is 0.632. The summed E-state index contributed by atoms with van der Waals surface area (Å²) < 4.78 is 29.3. The number of esters is 1. The van der Waals surface area contributed by atoms with Crippen LogP contribution in [0.25, 0.3) is 0 Å². The van der Waals surface area contributed by atoms with Gasteiger partial charge in [-0.3, -0.25) is 14.9 Å². The minimum atomic E-state index is -1.82. The van der Waals surface area contributed by atoms with Gasteiger partial charge in [0, 0.05) is 45.2 Å². The number of alkyl carbamates (subject to hydrolysis) is 1. The van der Waals surface area contributed by atoms with Crippen LogP contribution in [-0.2, 0) is 39.8 Å². The molecule has 2 N–H and O–H groups in total. The molecule has 0 aliphatic carbocycles. The number of nitrogens with zero attached hydrogens (tertiary/aromatic N) is 2. The van der Waals surface area contributed by atoms with Gasteiger partial charge in [0.1, 0.15) is 40.7 Å². The number of halogens is 1. The summed E-state index contributed by atoms with van der Waals surface area (Å²) in [6.07, 6.45) is 3.89. The van der Waals surface area contributed by atoms with Crippen LogP contribution in [0.5, 0.6) is 5.75 Å². The van der Waals surface area contributed by atoms with E-state index in [-0.39, 0.29) is 35.4 Å². The molecular weight excluding hydrogens is 758 g/mol. The van der Waals surface area contributed by atoms with Crippen molar-refractivity contribution in [3.8, 4) is 5.75 Å². The van der Waals surface area contributed by atoms with Crippen molar-refractivity contribution >= 4 is 62.8 Å². The molecule has 3 heterocycles. The van der Waals surface area contributed by atoms with Crippen LogP contribution in [0.15, 0.2) is 35.9 Å². The first-order valence-electron chi connectivity index (χ1n) is 17.9. The van der Waals surface area contributed by atoms with E-state index in [1.54, 1.807) is 73.8 Å². The van der Waals surface area contributed by atoms with Gasteiger partial charge < -0.3 is 38.6 Å². The first-order valence-corrected chi connectivity index (χ1v) is 20.9. The number of methoxy groups -OCH3 is 2. The van der Waals surface area contributed by atoms with Crippen molar-refractivity contribution in [3.63, 3.8) is 0 Å². The molecule has 300 valence electrons. The smallest absolute Gasteiger partial charge is 0.409 e. The van der Waals surface area contributed by atoms with Gasteiger partial charge in [-0.05, 0) is 57.6 Å². The van der Waals surface area contributed by atoms with Crippen molar-refractivity contribution in [2.24, 2.45) is 5.92 Å². The van der Waals surface area contributed by atoms with E-state index in [0.717, 1.165) is 11.1 Å². The van der Waals surface area contributed by atoms with E-state index in [0.29, 0.717) is 24.3 Å². The van der Waals surface area contributed by atoms with Gasteiger partial charge in [0.2, 0.25) is 11.8 Å². The third-order valence-corrected chi connectivity index (χ3v) is 13.2. The van der Waals surface area contributed by atoms with Crippen LogP contribution in [0.2, 0.25) is 5.02 Å². The second-order valence-electron chi connectivity index (χ2n) is 14.5. The first kappa shape index (κ1) is 43.8. The molecule has 1 aromatic carbocycles. The Morgan fingerprint density at radius 3 is 2.59 bits per heavy atom. The second kappa shape index (κ2) is 18.3. The molecular formula is C38H54ClN3O10S2. The van der Waals surface area contributed by atoms with Gasteiger partial charge in [0.05, 0.1) is 25.3 Å². The van der Waals surface area contributed by atoms with E-state index < -0.39 is 65.7 Å². The number of likely N-dealkylation sites (N-methyl/N-ethyl adjacent to an activating group) is 1. The van der Waals surface area contributed by atoms with E-state index in [4.69, 9.17) is 35.3 Å². The van der Waals surface area contributed by atoms with Crippen LogP contribution in [0.3, 0.4) is 0 Å². The minimum absolute atomic E-state index is 0.0460. The average molecular weight is 812 g/mol. The Labute approximate surface area is 331 Å². The molecule has 3 amide bonds. The fourth-order valence-corrected chi connectivity index (χ4v) is 9.06. The molecule has 0 unspecified atom stereocenters. The molecule has 3 aliphatic rings. The van der Waals surface area contributed by atoms with Crippen molar-refractivity contribution in [1.82, 2.24) is 10.2 Å². The van der Waals surface area contributed by atoms with E-state index in [9.17, 15) is 24.3 Å². The van der Waals surface area contributed by atoms with E-state index in [1.165, 1.54) is 24.0 Å². The maximum absolute atomic E-state index is 14.2. The number of aliphatic hydroxyl groups is 1. The van der Waals surface area contributed by atoms with Crippen LogP contribution < -0.4 is 15.0 Å². The highest BCUT2D eigenvalue weighted by Crippen LogP contribution is 2.49. The summed E-state index contributed by atoms with van der Waals surface area (Å²) in [5.41, 5.74) is -0.890. The molecule has 54 heavy (non-hydrogen) atoms. The molecule has 1 aromatic rings. The number of hydrogen-bond donors (Lipinski definition) is 2. The maximum Gasteiger partial charge on any atom is 0.409 e. The Morgan fingerprint density at radius 2 is 1.94 bits per heavy atom. The number of hydrogen-bond acceptors (Lipinski definition) is 12. The molecule has 9 atom stereocenters. The zero-order valence-electron chi connectivity index (χ0n) is 32.7. The van der Waals surface area contributed by atoms with Gasteiger partial charge in [0.15, 0.2) is 5.72 Å². The molecule has 0 aromatic heterocycles. The zero-order valence-corrected chi connectivity index (χ0v) is 35.1. The standard InChI is InChI=1S/C38H54ClN3O10S2/c1-21-12-11-13-29(49-9)38(47)20-28(50-36(46)40-38)23(3)34-37(5,52-34)30(51-35(45)24(4)41(6)31(43)15-14-22(2)54-53-10)19-32(44)42(7)26-17-25(16-21)18-27(48-8)33(26)39/h11-13,17-18,22-24,28-30,34,47H,14-16,19-20H2,1-10H3,(H,40,46)/b13-11+,21-12+/t22-,23+,24+,28-,29+,30-,34-,37-,38-/m0/s1. The summed E-state index contributed by atoms with van der Waals surface area (Å²) in [5, 5.41) is 14.8. The van der Waals surface area contributed by atoms with E-state index in [2.05, 4.69) is 5.32 Å². The third-order valence-electron chi connectivity index (χ3n) is 10.5. The number of ether oxygens (including phenoxy) is 5. The molecule has 0 saturated carbocycles. The molecule has 13 nitrogen and oxygen atoms in total. The third kappa shape index (κ3) is 10.1. The van der Waals surface area contributed by atoms with Crippen LogP contribution >= 0.6 is 33.2 Å². The van der Waals surface area contributed by atoms with Crippen molar-refractivity contribution < 1.29 is 48.0 Å². The van der Waals surface area contributed by atoms with Crippen LogP contribution in [0, 0.1) is 5.92 Å². The highest BCUT2D eigenvalue weighted by Gasteiger charge is 2.64. The quantitative estimate of drug-likeness (QED) is 0.169. The summed E-state index contributed by atoms with van der Waals surface area (Å²) in [6.45, 7) is 9.09. The Balaban J connectivity index is 1.72. The largest absolute Gasteiger partial charge is 0.495 e. The predicted octanol–water partition coefficient (Wildman–Crippen LogP) is 5.69. The molecule has 0 spiro atoms. The summed E-state index contributed by atoms with van der Waals surface area (Å²) in [6, 6.07) is 2.63. The number of rotatable bonds is 10. The molecule has 2 saturated heterocycles. The molecule has 16 heteroatoms. The maximum atomic E-state index is 14.2. The van der Waals surface area contributed by atoms with Gasteiger partial charge in [-0.1, -0.05) is 70.8 Å². The highest BCUT2D eigenvalue weighted by molar-refractivity contribution is 8.76. The van der Waals surface area contributed by atoms with Gasteiger partial charge in [-0.15, -0.1) is 0 Å². The predicted molar refractivity (Wildman–Crippen MR) is 211 cm³/mol. The van der Waals surface area contributed by atoms with E-state index >= 15 is 0 Å². The lowest BCUT2D eigenvalue weighted by Crippen LogP contribution is -2.63. The summed E-state index contributed by atoms with van der Waals surface area (Å²) in [5.74, 6) is -1.48. The highest BCUT2D eigenvalue weighted by atomic mass is 35.5. The number of anilines is 1. The Hall–Kier alpha value is -2.95. The van der Waals surface area contributed by atoms with Gasteiger partial charge in [0.25, 0.3) is 0 Å². The lowest BCUT2D eigenvalue weighted by Gasteiger charge is -2.42. The van der Waals surface area contributed by atoms with Gasteiger partial charge in [-0.25, -0.2) is 9.59 Å². The van der Waals surface area contributed by atoms with Crippen molar-refractivity contribution in [3.05, 3.63) is 46.5 Å². The van der Waals surface area contributed by atoms with E-state index in [1.807, 2.05) is 33.1 Å². The lowest BCUT2D eigenvalue weighted by molar-refractivity contribution is -0.162. The molecule has 3 aliphatic heterocycles. The van der Waals surface area contributed by atoms with Crippen LogP contribution in [-0.4, -0.2) is 115 Å². The molecule has 4 rings (SSSR count). The molecule has 4 bridgehead atoms. The van der Waals surface area contributed by atoms with Gasteiger partial charge in [-0.2, -0.15) is 0 Å². The Kier molecular flexibility index (Phi) is 14.9. The van der Waals surface area contributed by atoms with Gasteiger partial charge >= 0.3 is 12.1 Å². The topological polar surface area (TPSA) is 156 Å². The Bertz CT molecular complexity index is 1630. The Morgan fingerprint density at radius 1 is 1.24 bits per heavy atom. The zero-order chi connectivity index (χ0) is 40.1. The fourth-order valence-electron chi connectivity index (χ4n) is 6.93. The number of allylic oxidation sites excluding steroid dienone is 3. The van der Waals surface area contributed by atoms with Crippen molar-refractivity contribution in [2.75, 3.05) is 39.5 Å². The van der Waals surface area contributed by atoms with Crippen LogP contribution in [0.4, 0.5) is 10.5 Å². The number of benzene rings is 1. The number of carbonyl (C=O) groups is 4. The summed E-state index contributed by atoms with van der Waals surface area (Å²) in [7, 11) is 9.38. The first-order chi connectivity index (χ1) is 25.4. The molecule has 2 fully saturated rings. The minimum Gasteiger partial charge on any atom is -0.495 e. The average Bonchev–Trinajstić information content (AvgIpc) is 3.82.